The molecule has 0 aliphatic carbocycles. The van der Waals surface area contributed by atoms with E-state index in [0.29, 0.717) is 35.3 Å². The largest absolute Gasteiger partial charge is 0.451 e. The molecule has 1 aliphatic heterocycles. The molecule has 7 nitrogen and oxygen atoms in total. The molecule has 2 heterocycles. The van der Waals surface area contributed by atoms with Crippen LogP contribution in [0.2, 0.25) is 0 Å². The number of furan rings is 1. The Balaban J connectivity index is 1.37. The molecule has 1 saturated heterocycles. The molecule has 172 valence electrons. The number of amides is 2. The molecule has 2 aromatic carbocycles. The summed E-state index contributed by atoms with van der Waals surface area (Å²) in [5.74, 6) is -0.318. The van der Waals surface area contributed by atoms with Crippen molar-refractivity contribution in [2.24, 2.45) is 0 Å². The third-order valence-corrected chi connectivity index (χ3v) is 6.35. The first-order valence-corrected chi connectivity index (χ1v) is 11.3. The molecule has 0 spiro atoms. The van der Waals surface area contributed by atoms with Crippen LogP contribution in [0.3, 0.4) is 0 Å². The zero-order chi connectivity index (χ0) is 23.5. The number of carbonyl (C=O) groups excluding carboxylic acids is 3. The first-order chi connectivity index (χ1) is 15.8. The smallest absolute Gasteiger partial charge is 0.251 e. The number of nitrogens with one attached hydrogen (secondary N) is 2. The van der Waals surface area contributed by atoms with Gasteiger partial charge in [-0.05, 0) is 50.5 Å². The van der Waals surface area contributed by atoms with Crippen molar-refractivity contribution in [2.45, 2.75) is 45.7 Å². The topological polar surface area (TPSA) is 91.7 Å². The lowest BCUT2D eigenvalue weighted by atomic mass is 10.0. The highest BCUT2D eigenvalue weighted by Gasteiger charge is 2.29. The van der Waals surface area contributed by atoms with Gasteiger partial charge in [-0.15, -0.1) is 0 Å². The lowest BCUT2D eigenvalue weighted by molar-refractivity contribution is -0.121. The number of nitrogens with zero attached hydrogens (tertiary/aromatic N) is 1. The van der Waals surface area contributed by atoms with E-state index in [1.54, 1.807) is 6.07 Å². The van der Waals surface area contributed by atoms with Crippen LogP contribution >= 0.6 is 0 Å². The minimum Gasteiger partial charge on any atom is -0.451 e. The monoisotopic (exact) mass is 447 g/mol. The van der Waals surface area contributed by atoms with Crippen molar-refractivity contribution in [3.05, 3.63) is 65.4 Å². The van der Waals surface area contributed by atoms with Crippen LogP contribution < -0.4 is 10.6 Å². The lowest BCUT2D eigenvalue weighted by Gasteiger charge is -2.35. The van der Waals surface area contributed by atoms with Gasteiger partial charge in [-0.2, -0.15) is 0 Å². The quantitative estimate of drug-likeness (QED) is 0.554. The highest BCUT2D eigenvalue weighted by molar-refractivity contribution is 6.11. The number of Topliss-reactive ketones (excluding diaryl/α,β-unsaturated/α-hetero) is 1. The van der Waals surface area contributed by atoms with Crippen LogP contribution in [0, 0.1) is 6.92 Å². The van der Waals surface area contributed by atoms with Gasteiger partial charge in [0.25, 0.3) is 5.91 Å². The number of anilines is 1. The summed E-state index contributed by atoms with van der Waals surface area (Å²) in [5, 5.41) is 6.75. The molecule has 1 aliphatic rings. The number of carbonyl (C=O) groups is 3. The number of hydrogen-bond donors (Lipinski definition) is 2. The minimum atomic E-state index is -0.383. The predicted octanol–water partition coefficient (Wildman–Crippen LogP) is 4.17. The summed E-state index contributed by atoms with van der Waals surface area (Å²) < 4.78 is 5.66. The Morgan fingerprint density at radius 1 is 1.03 bits per heavy atom. The number of ketones is 1. The van der Waals surface area contributed by atoms with Gasteiger partial charge in [-0.3, -0.25) is 19.3 Å². The molecule has 2 N–H and O–H groups in total. The fourth-order valence-electron chi connectivity index (χ4n) is 4.33. The molecule has 2 amide bonds. The van der Waals surface area contributed by atoms with Gasteiger partial charge in [-0.1, -0.05) is 30.3 Å². The molecule has 1 aromatic heterocycles. The Morgan fingerprint density at radius 2 is 1.70 bits per heavy atom. The van der Waals surface area contributed by atoms with E-state index in [1.165, 1.54) is 6.92 Å². The van der Waals surface area contributed by atoms with Gasteiger partial charge >= 0.3 is 0 Å². The molecule has 0 bridgehead atoms. The van der Waals surface area contributed by atoms with Gasteiger partial charge in [0.1, 0.15) is 5.58 Å². The first-order valence-electron chi connectivity index (χ1n) is 11.3. The summed E-state index contributed by atoms with van der Waals surface area (Å²) in [6.45, 7) is 6.60. The zero-order valence-electron chi connectivity index (χ0n) is 19.2. The second kappa shape index (κ2) is 9.58. The summed E-state index contributed by atoms with van der Waals surface area (Å²) in [7, 11) is 0. The van der Waals surface area contributed by atoms with Gasteiger partial charge in [0.05, 0.1) is 11.7 Å². The van der Waals surface area contributed by atoms with Gasteiger partial charge in [-0.25, -0.2) is 0 Å². The Morgan fingerprint density at radius 3 is 2.39 bits per heavy atom. The molecular formula is C26H29N3O4. The van der Waals surface area contributed by atoms with Crippen molar-refractivity contribution in [1.29, 1.82) is 0 Å². The Hall–Kier alpha value is -3.45. The second-order valence-corrected chi connectivity index (χ2v) is 8.62. The number of fused-ring (bicyclic) bond motifs is 1. The van der Waals surface area contributed by atoms with Crippen LogP contribution in [-0.2, 0) is 4.79 Å². The van der Waals surface area contributed by atoms with E-state index in [2.05, 4.69) is 15.5 Å². The molecule has 0 radical (unpaired) electrons. The van der Waals surface area contributed by atoms with E-state index in [1.807, 2.05) is 56.3 Å². The predicted molar refractivity (Wildman–Crippen MR) is 128 cm³/mol. The van der Waals surface area contributed by atoms with Crippen LogP contribution in [0.1, 0.15) is 53.2 Å². The number of para-hydroxylation sites is 1. The first kappa shape index (κ1) is 22.7. The number of rotatable bonds is 6. The third kappa shape index (κ3) is 4.83. The van der Waals surface area contributed by atoms with E-state index in [9.17, 15) is 14.4 Å². The van der Waals surface area contributed by atoms with Crippen LogP contribution in [-0.4, -0.2) is 47.7 Å². The maximum absolute atomic E-state index is 13.0. The van der Waals surface area contributed by atoms with E-state index < -0.39 is 0 Å². The van der Waals surface area contributed by atoms with Crippen molar-refractivity contribution in [3.63, 3.8) is 0 Å². The van der Waals surface area contributed by atoms with Crippen LogP contribution in [0.4, 0.5) is 5.69 Å². The SMILES string of the molecule is CC(=O)c1oc2ccccc2c1NC(=O)C(C)N1CCC(NC(=O)c2ccccc2C)CC1. The van der Waals surface area contributed by atoms with Gasteiger partial charge in [0.15, 0.2) is 11.5 Å². The van der Waals surface area contributed by atoms with Crippen LogP contribution in [0.15, 0.2) is 52.9 Å². The van der Waals surface area contributed by atoms with E-state index in [4.69, 9.17) is 4.42 Å². The molecule has 4 rings (SSSR count). The number of hydrogen-bond acceptors (Lipinski definition) is 5. The van der Waals surface area contributed by atoms with Gasteiger partial charge in [0.2, 0.25) is 5.91 Å². The van der Waals surface area contributed by atoms with Crippen molar-refractivity contribution in [1.82, 2.24) is 10.2 Å². The Labute approximate surface area is 193 Å². The fraction of sp³-hybridized carbons (Fsp3) is 0.346. The maximum atomic E-state index is 13.0. The summed E-state index contributed by atoms with van der Waals surface area (Å²) in [6.07, 6.45) is 1.53. The average Bonchev–Trinajstić information content (AvgIpc) is 3.18. The van der Waals surface area contributed by atoms with E-state index in [0.717, 1.165) is 18.4 Å². The third-order valence-electron chi connectivity index (χ3n) is 6.35. The highest BCUT2D eigenvalue weighted by Crippen LogP contribution is 2.31. The molecule has 1 atom stereocenters. The highest BCUT2D eigenvalue weighted by atomic mass is 16.3. The molecule has 7 heteroatoms. The lowest BCUT2D eigenvalue weighted by Crippen LogP contribution is -2.50. The second-order valence-electron chi connectivity index (χ2n) is 8.62. The Kier molecular flexibility index (Phi) is 6.60. The van der Waals surface area contributed by atoms with Crippen molar-refractivity contribution >= 4 is 34.3 Å². The Bertz CT molecular complexity index is 1190. The molecule has 3 aromatic rings. The standard InChI is InChI=1S/C26H29N3O4/c1-16-8-4-5-9-20(16)26(32)27-19-12-14-29(15-13-19)17(2)25(31)28-23-21-10-6-7-11-22(21)33-24(23)18(3)30/h4-11,17,19H,12-15H2,1-3H3,(H,27,32)(H,28,31). The normalized spacial score (nSPS) is 15.8. The summed E-state index contributed by atoms with van der Waals surface area (Å²) in [5.41, 5.74) is 2.64. The minimum absolute atomic E-state index is 0.0547. The van der Waals surface area contributed by atoms with Gasteiger partial charge in [0, 0.05) is 37.0 Å². The molecule has 1 unspecified atom stereocenters. The summed E-state index contributed by atoms with van der Waals surface area (Å²) in [6, 6.07) is 14.5. The fourth-order valence-corrected chi connectivity index (χ4v) is 4.33. The van der Waals surface area contributed by atoms with Crippen LogP contribution in [0.5, 0.6) is 0 Å². The number of aryl methyl sites for hydroxylation is 1. The number of benzene rings is 2. The number of piperidine rings is 1. The van der Waals surface area contributed by atoms with E-state index >= 15 is 0 Å². The molecule has 1 fully saturated rings. The maximum Gasteiger partial charge on any atom is 0.251 e. The van der Waals surface area contributed by atoms with E-state index in [-0.39, 0.29) is 35.4 Å². The van der Waals surface area contributed by atoms with Crippen molar-refractivity contribution in [2.75, 3.05) is 18.4 Å². The number of likely N-dealkylation sites (tertiary alicyclic amines) is 1. The average molecular weight is 448 g/mol. The van der Waals surface area contributed by atoms with Gasteiger partial charge < -0.3 is 15.1 Å². The summed E-state index contributed by atoms with van der Waals surface area (Å²) in [4.78, 5) is 39.8. The summed E-state index contributed by atoms with van der Waals surface area (Å²) >= 11 is 0. The molecule has 0 saturated carbocycles. The van der Waals surface area contributed by atoms with Crippen molar-refractivity contribution in [3.8, 4) is 0 Å². The molecular weight excluding hydrogens is 418 g/mol. The van der Waals surface area contributed by atoms with Crippen LogP contribution in [0.25, 0.3) is 11.0 Å². The zero-order valence-corrected chi connectivity index (χ0v) is 19.2. The molecule has 33 heavy (non-hydrogen) atoms. The van der Waals surface area contributed by atoms with Crippen molar-refractivity contribution < 1.29 is 18.8 Å².